The molecule has 2 aromatic carbocycles. The van der Waals surface area contributed by atoms with Gasteiger partial charge in [0.15, 0.2) is 0 Å². The number of ether oxygens (including phenoxy) is 1. The van der Waals surface area contributed by atoms with Crippen LogP contribution in [-0.2, 0) is 0 Å². The summed E-state index contributed by atoms with van der Waals surface area (Å²) in [6.07, 6.45) is 0. The molecule has 4 nitrogen and oxygen atoms in total. The lowest BCUT2D eigenvalue weighted by Gasteiger charge is -2.16. The summed E-state index contributed by atoms with van der Waals surface area (Å²) in [7, 11) is 1.63. The van der Waals surface area contributed by atoms with Crippen molar-refractivity contribution in [1.29, 1.82) is 0 Å². The molecule has 5 heteroatoms. The standard InChI is InChI=1S/C16H15ClN2O2/c1-20-14-5-3-2-4-12(14)16(19-18)15-9-10-8-11(17)6-7-13(10)21-15/h2-9,16,19H,18H2,1H3. The molecule has 21 heavy (non-hydrogen) atoms. The topological polar surface area (TPSA) is 60.4 Å². The quantitative estimate of drug-likeness (QED) is 0.570. The van der Waals surface area contributed by atoms with Crippen molar-refractivity contribution in [1.82, 2.24) is 5.43 Å². The van der Waals surface area contributed by atoms with Gasteiger partial charge in [-0.2, -0.15) is 0 Å². The minimum atomic E-state index is -0.299. The number of hydrogen-bond acceptors (Lipinski definition) is 4. The molecule has 0 aliphatic heterocycles. The third-order valence-electron chi connectivity index (χ3n) is 3.40. The number of para-hydroxylation sites is 1. The van der Waals surface area contributed by atoms with Crippen molar-refractivity contribution in [3.8, 4) is 5.75 Å². The van der Waals surface area contributed by atoms with Gasteiger partial charge in [0, 0.05) is 16.0 Å². The summed E-state index contributed by atoms with van der Waals surface area (Å²) in [4.78, 5) is 0. The first-order valence-electron chi connectivity index (χ1n) is 6.51. The van der Waals surface area contributed by atoms with E-state index in [1.165, 1.54) is 0 Å². The van der Waals surface area contributed by atoms with Crippen LogP contribution in [0, 0.1) is 0 Å². The Bertz CT molecular complexity index is 770. The monoisotopic (exact) mass is 302 g/mol. The number of furan rings is 1. The molecule has 0 bridgehead atoms. The van der Waals surface area contributed by atoms with E-state index in [2.05, 4.69) is 5.43 Å². The Morgan fingerprint density at radius 3 is 2.76 bits per heavy atom. The van der Waals surface area contributed by atoms with E-state index in [0.29, 0.717) is 10.8 Å². The van der Waals surface area contributed by atoms with Gasteiger partial charge in [0.25, 0.3) is 0 Å². The van der Waals surface area contributed by atoms with E-state index in [0.717, 1.165) is 22.3 Å². The molecule has 1 aromatic heterocycles. The summed E-state index contributed by atoms with van der Waals surface area (Å²) in [5.41, 5.74) is 4.46. The maximum Gasteiger partial charge on any atom is 0.134 e. The Morgan fingerprint density at radius 2 is 2.00 bits per heavy atom. The van der Waals surface area contributed by atoms with E-state index in [1.54, 1.807) is 13.2 Å². The number of nitrogens with two attached hydrogens (primary N) is 1. The molecule has 0 saturated carbocycles. The van der Waals surface area contributed by atoms with Crippen molar-refractivity contribution < 1.29 is 9.15 Å². The van der Waals surface area contributed by atoms with Gasteiger partial charge >= 0.3 is 0 Å². The van der Waals surface area contributed by atoms with Gasteiger partial charge in [-0.25, -0.2) is 5.43 Å². The number of methoxy groups -OCH3 is 1. The zero-order valence-corrected chi connectivity index (χ0v) is 12.2. The highest BCUT2D eigenvalue weighted by Crippen LogP contribution is 2.33. The van der Waals surface area contributed by atoms with Crippen LogP contribution >= 0.6 is 11.6 Å². The number of halogens is 1. The lowest BCUT2D eigenvalue weighted by atomic mass is 10.0. The Kier molecular flexibility index (Phi) is 3.84. The number of hydrazine groups is 1. The second-order valence-corrected chi connectivity index (χ2v) is 5.11. The Morgan fingerprint density at radius 1 is 1.19 bits per heavy atom. The van der Waals surface area contributed by atoms with Gasteiger partial charge < -0.3 is 9.15 Å². The fraction of sp³-hybridized carbons (Fsp3) is 0.125. The van der Waals surface area contributed by atoms with E-state index >= 15 is 0 Å². The highest BCUT2D eigenvalue weighted by atomic mass is 35.5. The molecular weight excluding hydrogens is 288 g/mol. The maximum atomic E-state index is 6.00. The van der Waals surface area contributed by atoms with Crippen LogP contribution in [0.2, 0.25) is 5.02 Å². The predicted molar refractivity (Wildman–Crippen MR) is 83.4 cm³/mol. The van der Waals surface area contributed by atoms with Crippen LogP contribution in [0.3, 0.4) is 0 Å². The first-order valence-corrected chi connectivity index (χ1v) is 6.89. The third kappa shape index (κ3) is 2.61. The average molecular weight is 303 g/mol. The second kappa shape index (κ2) is 5.77. The molecule has 0 spiro atoms. The highest BCUT2D eigenvalue weighted by Gasteiger charge is 2.20. The van der Waals surface area contributed by atoms with Gasteiger partial charge in [0.2, 0.25) is 0 Å². The highest BCUT2D eigenvalue weighted by molar-refractivity contribution is 6.31. The summed E-state index contributed by atoms with van der Waals surface area (Å²) in [6.45, 7) is 0. The molecule has 0 amide bonds. The zero-order valence-electron chi connectivity index (χ0n) is 11.5. The van der Waals surface area contributed by atoms with Gasteiger partial charge in [-0.3, -0.25) is 5.84 Å². The molecule has 0 aliphatic carbocycles. The average Bonchev–Trinajstić information content (AvgIpc) is 2.91. The van der Waals surface area contributed by atoms with Crippen molar-refractivity contribution in [2.45, 2.75) is 6.04 Å². The fourth-order valence-electron chi connectivity index (χ4n) is 2.41. The SMILES string of the molecule is COc1ccccc1C(NN)c1cc2cc(Cl)ccc2o1. The molecule has 108 valence electrons. The van der Waals surface area contributed by atoms with Crippen LogP contribution in [0.4, 0.5) is 0 Å². The normalized spacial score (nSPS) is 12.5. The number of benzene rings is 2. The molecule has 1 atom stereocenters. The Hall–Kier alpha value is -2.01. The van der Waals surface area contributed by atoms with Gasteiger partial charge in [-0.05, 0) is 30.3 Å². The summed E-state index contributed by atoms with van der Waals surface area (Å²) in [5.74, 6) is 7.18. The molecule has 0 radical (unpaired) electrons. The Balaban J connectivity index is 2.09. The molecule has 0 aliphatic rings. The zero-order chi connectivity index (χ0) is 14.8. The first-order chi connectivity index (χ1) is 10.2. The van der Waals surface area contributed by atoms with Crippen LogP contribution in [-0.4, -0.2) is 7.11 Å². The summed E-state index contributed by atoms with van der Waals surface area (Å²) < 4.78 is 11.3. The van der Waals surface area contributed by atoms with E-state index in [4.69, 9.17) is 26.6 Å². The summed E-state index contributed by atoms with van der Waals surface area (Å²) >= 11 is 6.00. The minimum absolute atomic E-state index is 0.299. The van der Waals surface area contributed by atoms with Crippen LogP contribution in [0.5, 0.6) is 5.75 Å². The molecule has 3 rings (SSSR count). The lowest BCUT2D eigenvalue weighted by molar-refractivity contribution is 0.396. The first kappa shape index (κ1) is 13.9. The maximum absolute atomic E-state index is 6.00. The van der Waals surface area contributed by atoms with Crippen molar-refractivity contribution in [2.75, 3.05) is 7.11 Å². The van der Waals surface area contributed by atoms with Crippen LogP contribution in [0.1, 0.15) is 17.4 Å². The van der Waals surface area contributed by atoms with Crippen LogP contribution in [0.25, 0.3) is 11.0 Å². The number of hydrogen-bond donors (Lipinski definition) is 2. The van der Waals surface area contributed by atoms with Crippen LogP contribution < -0.4 is 16.0 Å². The van der Waals surface area contributed by atoms with Gasteiger partial charge in [0.05, 0.1) is 7.11 Å². The van der Waals surface area contributed by atoms with E-state index < -0.39 is 0 Å². The van der Waals surface area contributed by atoms with Gasteiger partial charge in [-0.15, -0.1) is 0 Å². The second-order valence-electron chi connectivity index (χ2n) is 4.67. The molecule has 0 saturated heterocycles. The summed E-state index contributed by atoms with van der Waals surface area (Å²) in [6, 6.07) is 14.8. The molecular formula is C16H15ClN2O2. The Labute approximate surface area is 127 Å². The largest absolute Gasteiger partial charge is 0.496 e. The van der Waals surface area contributed by atoms with Gasteiger partial charge in [-0.1, -0.05) is 29.8 Å². The third-order valence-corrected chi connectivity index (χ3v) is 3.63. The van der Waals surface area contributed by atoms with Crippen molar-refractivity contribution in [2.24, 2.45) is 5.84 Å². The number of rotatable bonds is 4. The smallest absolute Gasteiger partial charge is 0.134 e. The molecule has 0 fully saturated rings. The van der Waals surface area contributed by atoms with Gasteiger partial charge in [0.1, 0.15) is 23.1 Å². The van der Waals surface area contributed by atoms with Crippen LogP contribution in [0.15, 0.2) is 52.9 Å². The van der Waals surface area contributed by atoms with E-state index in [-0.39, 0.29) is 6.04 Å². The molecule has 1 heterocycles. The fourth-order valence-corrected chi connectivity index (χ4v) is 2.59. The predicted octanol–water partition coefficient (Wildman–Crippen LogP) is 3.65. The molecule has 3 aromatic rings. The van der Waals surface area contributed by atoms with Crippen molar-refractivity contribution >= 4 is 22.6 Å². The summed E-state index contributed by atoms with van der Waals surface area (Å²) in [5, 5.41) is 1.61. The van der Waals surface area contributed by atoms with E-state index in [9.17, 15) is 0 Å². The minimum Gasteiger partial charge on any atom is -0.496 e. The number of nitrogens with one attached hydrogen (secondary N) is 1. The molecule has 3 N–H and O–H groups in total. The molecule has 1 unspecified atom stereocenters. The van der Waals surface area contributed by atoms with Crippen molar-refractivity contribution in [3.05, 3.63) is 64.9 Å². The van der Waals surface area contributed by atoms with E-state index in [1.807, 2.05) is 42.5 Å². The number of fused-ring (bicyclic) bond motifs is 1. The lowest BCUT2D eigenvalue weighted by Crippen LogP contribution is -2.28. The van der Waals surface area contributed by atoms with Crippen molar-refractivity contribution in [3.63, 3.8) is 0 Å².